The van der Waals surface area contributed by atoms with Crippen molar-refractivity contribution in [3.63, 3.8) is 0 Å². The molecule has 1 aliphatic rings. The highest BCUT2D eigenvalue weighted by Crippen LogP contribution is 2.35. The molecule has 0 saturated heterocycles. The van der Waals surface area contributed by atoms with E-state index in [2.05, 4.69) is 25.3 Å². The van der Waals surface area contributed by atoms with Crippen LogP contribution in [0.4, 0.5) is 5.69 Å². The molecule has 4 rings (SSSR count). The van der Waals surface area contributed by atoms with Gasteiger partial charge in [-0.1, -0.05) is 58.4 Å². The molecule has 0 aromatic heterocycles. The normalized spacial score (nSPS) is 19.1. The van der Waals surface area contributed by atoms with Gasteiger partial charge in [0.1, 0.15) is 9.73 Å². The molecule has 0 spiro atoms. The maximum Gasteiger partial charge on any atom is 0.170 e. The first-order chi connectivity index (χ1) is 11.7. The van der Waals surface area contributed by atoms with E-state index in [4.69, 9.17) is 0 Å². The summed E-state index contributed by atoms with van der Waals surface area (Å²) in [5.41, 5.74) is 1.55. The van der Waals surface area contributed by atoms with E-state index in [1.54, 1.807) is 0 Å². The van der Waals surface area contributed by atoms with Crippen LogP contribution in [0.15, 0.2) is 102 Å². The highest BCUT2D eigenvalue weighted by Gasteiger charge is 2.24. The largest absolute Gasteiger partial charge is 0.239 e. The van der Waals surface area contributed by atoms with E-state index in [9.17, 15) is 4.21 Å². The molecule has 0 bridgehead atoms. The number of benzene rings is 3. The fourth-order valence-electron chi connectivity index (χ4n) is 2.59. The average molecular weight is 397 g/mol. The van der Waals surface area contributed by atoms with Crippen molar-refractivity contribution in [2.45, 2.75) is 9.79 Å². The van der Waals surface area contributed by atoms with E-state index in [0.717, 1.165) is 10.0 Å². The van der Waals surface area contributed by atoms with Gasteiger partial charge < -0.3 is 0 Å². The summed E-state index contributed by atoms with van der Waals surface area (Å²) in [6, 6.07) is 24.6. The number of rotatable bonds is 2. The lowest BCUT2D eigenvalue weighted by Crippen LogP contribution is -2.11. The van der Waals surface area contributed by atoms with Gasteiger partial charge in [0.05, 0.1) is 15.5 Å². The van der Waals surface area contributed by atoms with Gasteiger partial charge in [0.2, 0.25) is 0 Å². The summed E-state index contributed by atoms with van der Waals surface area (Å²) in [5, 5.41) is 0. The van der Waals surface area contributed by atoms with Crippen LogP contribution in [-0.2, 0) is 9.73 Å². The SMILES string of the molecule is O=S1(c2ccccc2)=NC(c2ccc(Br)cc2)=Nc2ccccc21. The zero-order valence-corrected chi connectivity index (χ0v) is 15.0. The van der Waals surface area contributed by atoms with Crippen LogP contribution in [-0.4, -0.2) is 10.0 Å². The monoisotopic (exact) mass is 396 g/mol. The smallest absolute Gasteiger partial charge is 0.170 e. The van der Waals surface area contributed by atoms with E-state index in [-0.39, 0.29) is 0 Å². The lowest BCUT2D eigenvalue weighted by molar-refractivity contribution is 0.676. The average Bonchev–Trinajstić information content (AvgIpc) is 2.63. The van der Waals surface area contributed by atoms with Crippen molar-refractivity contribution in [1.82, 2.24) is 0 Å². The van der Waals surface area contributed by atoms with Gasteiger partial charge in [-0.05, 0) is 36.4 Å². The van der Waals surface area contributed by atoms with Gasteiger partial charge in [0, 0.05) is 10.0 Å². The summed E-state index contributed by atoms with van der Waals surface area (Å²) in [4.78, 5) is 5.98. The maximum absolute atomic E-state index is 13.8. The highest BCUT2D eigenvalue weighted by molar-refractivity contribution is 9.10. The third-order valence-corrected chi connectivity index (χ3v) is 6.58. The second kappa shape index (κ2) is 6.00. The fourth-order valence-corrected chi connectivity index (χ4v) is 4.89. The van der Waals surface area contributed by atoms with Crippen LogP contribution in [0.25, 0.3) is 0 Å². The maximum atomic E-state index is 13.8. The first-order valence-corrected chi connectivity index (χ1v) is 9.73. The lowest BCUT2D eigenvalue weighted by atomic mass is 10.2. The Labute approximate surface area is 149 Å². The van der Waals surface area contributed by atoms with Gasteiger partial charge in [-0.15, -0.1) is 0 Å². The second-order valence-electron chi connectivity index (χ2n) is 5.34. The Hall–Kier alpha value is -2.24. The number of amidine groups is 1. The van der Waals surface area contributed by atoms with Gasteiger partial charge in [0.25, 0.3) is 0 Å². The third kappa shape index (κ3) is 2.60. The number of hydrogen-bond acceptors (Lipinski definition) is 3. The summed E-state index contributed by atoms with van der Waals surface area (Å²) in [6.45, 7) is 0. The molecule has 0 amide bonds. The fraction of sp³-hybridized carbons (Fsp3) is 0. The van der Waals surface area contributed by atoms with Crippen molar-refractivity contribution in [2.75, 3.05) is 0 Å². The standard InChI is InChI=1S/C19H13BrN2OS/c20-15-12-10-14(11-13-15)19-21-17-8-4-5-9-18(17)24(23,22-19)16-6-2-1-3-7-16/h1-13H. The van der Waals surface area contributed by atoms with E-state index < -0.39 is 9.73 Å². The third-order valence-electron chi connectivity index (χ3n) is 3.77. The molecule has 5 heteroatoms. The molecule has 3 aromatic rings. The van der Waals surface area contributed by atoms with Crippen LogP contribution in [0, 0.1) is 0 Å². The van der Waals surface area contributed by atoms with Crippen LogP contribution >= 0.6 is 15.9 Å². The Kier molecular flexibility index (Phi) is 3.82. The van der Waals surface area contributed by atoms with Crippen molar-refractivity contribution < 1.29 is 4.21 Å². The van der Waals surface area contributed by atoms with Gasteiger partial charge in [-0.2, -0.15) is 4.36 Å². The summed E-state index contributed by atoms with van der Waals surface area (Å²) < 4.78 is 19.4. The van der Waals surface area contributed by atoms with Gasteiger partial charge in [-0.25, -0.2) is 9.20 Å². The van der Waals surface area contributed by atoms with Crippen molar-refractivity contribution in [2.24, 2.45) is 9.36 Å². The van der Waals surface area contributed by atoms with Crippen molar-refractivity contribution in [3.05, 3.63) is 88.9 Å². The minimum absolute atomic E-state index is 0.495. The van der Waals surface area contributed by atoms with E-state index in [1.165, 1.54) is 0 Å². The van der Waals surface area contributed by atoms with E-state index in [0.29, 0.717) is 21.3 Å². The molecule has 1 atom stereocenters. The first kappa shape index (κ1) is 15.3. The Bertz CT molecular complexity index is 1050. The van der Waals surface area contributed by atoms with Crippen LogP contribution < -0.4 is 0 Å². The number of nitrogens with zero attached hydrogens (tertiary/aromatic N) is 2. The van der Waals surface area contributed by atoms with E-state index >= 15 is 0 Å². The van der Waals surface area contributed by atoms with Gasteiger partial charge in [-0.3, -0.25) is 0 Å². The predicted octanol–water partition coefficient (Wildman–Crippen LogP) is 5.43. The molecule has 0 radical (unpaired) electrons. The second-order valence-corrected chi connectivity index (χ2v) is 8.40. The molecule has 0 N–H and O–H groups in total. The number of halogens is 1. The van der Waals surface area contributed by atoms with Crippen LogP contribution in [0.1, 0.15) is 5.56 Å². The van der Waals surface area contributed by atoms with Crippen LogP contribution in [0.3, 0.4) is 0 Å². The molecule has 0 aliphatic carbocycles. The molecule has 118 valence electrons. The number of aliphatic imine (C=N–C) groups is 1. The topological polar surface area (TPSA) is 41.8 Å². The molecular weight excluding hydrogens is 384 g/mol. The van der Waals surface area contributed by atoms with Crippen molar-refractivity contribution >= 4 is 37.2 Å². The molecule has 1 unspecified atom stereocenters. The minimum Gasteiger partial charge on any atom is -0.239 e. The predicted molar refractivity (Wildman–Crippen MR) is 100 cm³/mol. The zero-order valence-electron chi connectivity index (χ0n) is 12.6. The number of hydrogen-bond donors (Lipinski definition) is 0. The Morgan fingerprint density at radius 1 is 0.792 bits per heavy atom. The van der Waals surface area contributed by atoms with Crippen molar-refractivity contribution in [1.29, 1.82) is 0 Å². The van der Waals surface area contributed by atoms with Crippen LogP contribution in [0.5, 0.6) is 0 Å². The van der Waals surface area contributed by atoms with E-state index in [1.807, 2.05) is 78.9 Å². The zero-order chi connectivity index (χ0) is 16.6. The number of para-hydroxylation sites is 1. The molecule has 24 heavy (non-hydrogen) atoms. The summed E-state index contributed by atoms with van der Waals surface area (Å²) >= 11 is 3.43. The molecule has 0 saturated carbocycles. The van der Waals surface area contributed by atoms with Gasteiger partial charge >= 0.3 is 0 Å². The molecular formula is C19H13BrN2OS. The Morgan fingerprint density at radius 2 is 1.46 bits per heavy atom. The highest BCUT2D eigenvalue weighted by atomic mass is 79.9. The molecule has 1 aliphatic heterocycles. The van der Waals surface area contributed by atoms with Crippen molar-refractivity contribution in [3.8, 4) is 0 Å². The minimum atomic E-state index is -2.75. The van der Waals surface area contributed by atoms with Gasteiger partial charge in [0.15, 0.2) is 5.84 Å². The van der Waals surface area contributed by atoms with Crippen LogP contribution in [0.2, 0.25) is 0 Å². The Balaban J connectivity index is 2.00. The summed E-state index contributed by atoms with van der Waals surface area (Å²) in [5.74, 6) is 0.495. The molecule has 0 fully saturated rings. The Morgan fingerprint density at radius 3 is 2.21 bits per heavy atom. The lowest BCUT2D eigenvalue weighted by Gasteiger charge is -2.18. The quantitative estimate of drug-likeness (QED) is 0.569. The molecule has 3 aromatic carbocycles. The number of fused-ring (bicyclic) bond motifs is 1. The molecule has 1 heterocycles. The molecule has 3 nitrogen and oxygen atoms in total. The summed E-state index contributed by atoms with van der Waals surface area (Å²) in [6.07, 6.45) is 0. The summed E-state index contributed by atoms with van der Waals surface area (Å²) in [7, 11) is -2.75. The first-order valence-electron chi connectivity index (χ1n) is 7.43.